The Morgan fingerprint density at radius 3 is 2.43 bits per heavy atom. The van der Waals surface area contributed by atoms with Gasteiger partial charge in [-0.05, 0) is 74.1 Å². The van der Waals surface area contributed by atoms with Gasteiger partial charge in [-0.2, -0.15) is 13.2 Å². The molecule has 49 heavy (non-hydrogen) atoms. The number of anilines is 1. The maximum absolute atomic E-state index is 15.8. The van der Waals surface area contributed by atoms with Crippen molar-refractivity contribution in [1.29, 1.82) is 0 Å². The van der Waals surface area contributed by atoms with Crippen molar-refractivity contribution in [2.45, 2.75) is 77.2 Å². The molecule has 1 aliphatic carbocycles. The molecule has 1 aromatic carbocycles. The summed E-state index contributed by atoms with van der Waals surface area (Å²) in [5.41, 5.74) is 2.08. The van der Waals surface area contributed by atoms with Crippen molar-refractivity contribution in [1.82, 2.24) is 20.6 Å². The Bertz CT molecular complexity index is 1750. The minimum absolute atomic E-state index is 0.0153. The molecule has 262 valence electrons. The third kappa shape index (κ3) is 7.24. The first kappa shape index (κ1) is 35.7. The number of piperidine rings is 1. The van der Waals surface area contributed by atoms with Gasteiger partial charge in [-0.25, -0.2) is 14.4 Å². The van der Waals surface area contributed by atoms with Crippen molar-refractivity contribution in [3.8, 4) is 17.0 Å². The molecule has 2 aromatic heterocycles. The topological polar surface area (TPSA) is 118 Å². The quantitative estimate of drug-likeness (QED) is 0.204. The van der Waals surface area contributed by atoms with Crippen molar-refractivity contribution >= 4 is 23.8 Å². The third-order valence-corrected chi connectivity index (χ3v) is 8.89. The van der Waals surface area contributed by atoms with Crippen LogP contribution in [-0.2, 0) is 33.7 Å². The lowest BCUT2D eigenvalue weighted by atomic mass is 9.87. The van der Waals surface area contributed by atoms with E-state index in [-0.39, 0.29) is 36.7 Å². The van der Waals surface area contributed by atoms with Crippen LogP contribution < -0.4 is 20.3 Å². The summed E-state index contributed by atoms with van der Waals surface area (Å²) in [5, 5.41) is 5.40. The zero-order valence-electron chi connectivity index (χ0n) is 28.1. The van der Waals surface area contributed by atoms with E-state index in [1.165, 1.54) is 26.4 Å². The molecule has 2 aliphatic heterocycles. The van der Waals surface area contributed by atoms with Crippen LogP contribution in [-0.4, -0.2) is 61.0 Å². The summed E-state index contributed by atoms with van der Waals surface area (Å²) in [5.74, 6) is -0.381. The number of hydrogen-bond acceptors (Lipinski definition) is 8. The molecule has 0 bridgehead atoms. The van der Waals surface area contributed by atoms with Crippen LogP contribution in [0.4, 0.5) is 23.2 Å². The minimum atomic E-state index is -4.58. The van der Waals surface area contributed by atoms with Crippen molar-refractivity contribution in [3.63, 3.8) is 0 Å². The summed E-state index contributed by atoms with van der Waals surface area (Å²) in [4.78, 5) is 39.4. The number of aromatic nitrogens is 2. The molecule has 4 heterocycles. The highest BCUT2D eigenvalue weighted by Gasteiger charge is 2.47. The maximum Gasteiger partial charge on any atom is 0.433 e. The molecular formula is C35H40F4N6O4. The average molecular weight is 685 g/mol. The zero-order chi connectivity index (χ0) is 35.5. The number of benzene rings is 1. The number of aliphatic imine (C=N–C) groups is 1. The van der Waals surface area contributed by atoms with Crippen LogP contribution in [0, 0.1) is 12.7 Å². The number of hydrogen-bond donors (Lipinski definition) is 2. The fourth-order valence-corrected chi connectivity index (χ4v) is 6.38. The number of alkyl halides is 3. The number of ether oxygens (including phenoxy) is 2. The van der Waals surface area contributed by atoms with Gasteiger partial charge in [0, 0.05) is 48.5 Å². The predicted molar refractivity (Wildman–Crippen MR) is 176 cm³/mol. The first-order chi connectivity index (χ1) is 23.5. The smallest absolute Gasteiger partial charge is 0.433 e. The molecule has 2 amide bonds. The van der Waals surface area contributed by atoms with Crippen molar-refractivity contribution in [3.05, 3.63) is 69.9 Å². The molecule has 10 nitrogen and oxygen atoms in total. The second-order valence-corrected chi connectivity index (χ2v) is 12.0. The minimum Gasteiger partial charge on any atom is -0.481 e. The summed E-state index contributed by atoms with van der Waals surface area (Å²) in [7, 11) is 2.95. The lowest BCUT2D eigenvalue weighted by Gasteiger charge is -2.38. The fraction of sp³-hybridized carbons (Fsp3) is 0.457. The SMILES string of the molecule is CC.COCc1c(F)cc(-c2c(C)cc(CNC=O)nc2OC)cc1N1CCC2(CC1)N=C(c1ccc(C(F)(F)F)nc1C1CC1)NC2=O. The summed E-state index contributed by atoms with van der Waals surface area (Å²) >= 11 is 0. The van der Waals surface area contributed by atoms with Crippen LogP contribution in [0.25, 0.3) is 11.1 Å². The average Bonchev–Trinajstić information content (AvgIpc) is 3.89. The van der Waals surface area contributed by atoms with Crippen LogP contribution in [0.3, 0.4) is 0 Å². The lowest BCUT2D eigenvalue weighted by molar-refractivity contribution is -0.141. The number of methoxy groups -OCH3 is 2. The Morgan fingerprint density at radius 1 is 1.10 bits per heavy atom. The number of rotatable bonds is 10. The highest BCUT2D eigenvalue weighted by Crippen LogP contribution is 2.44. The molecule has 14 heteroatoms. The van der Waals surface area contributed by atoms with E-state index in [1.54, 1.807) is 6.07 Å². The van der Waals surface area contributed by atoms with Gasteiger partial charge in [-0.1, -0.05) is 13.8 Å². The van der Waals surface area contributed by atoms with Gasteiger partial charge in [0.15, 0.2) is 0 Å². The number of aryl methyl sites for hydroxylation is 1. The number of amidine groups is 1. The molecule has 0 unspecified atom stereocenters. The summed E-state index contributed by atoms with van der Waals surface area (Å²) in [6.07, 6.45) is -1.94. The Morgan fingerprint density at radius 2 is 1.82 bits per heavy atom. The van der Waals surface area contributed by atoms with Crippen LogP contribution in [0.15, 0.2) is 35.3 Å². The molecule has 0 atom stereocenters. The molecule has 6 rings (SSSR count). The van der Waals surface area contributed by atoms with E-state index < -0.39 is 23.2 Å². The summed E-state index contributed by atoms with van der Waals surface area (Å²) < 4.78 is 66.9. The number of pyridine rings is 2. The number of carbonyl (C=O) groups excluding carboxylic acids is 2. The molecule has 3 aromatic rings. The van der Waals surface area contributed by atoms with Gasteiger partial charge in [-0.3, -0.25) is 14.6 Å². The first-order valence-electron chi connectivity index (χ1n) is 16.3. The van der Waals surface area contributed by atoms with Crippen LogP contribution >= 0.6 is 0 Å². The summed E-state index contributed by atoms with van der Waals surface area (Å²) in [6.45, 7) is 6.79. The van der Waals surface area contributed by atoms with Crippen molar-refractivity contribution in [2.75, 3.05) is 32.2 Å². The van der Waals surface area contributed by atoms with E-state index >= 15 is 4.39 Å². The van der Waals surface area contributed by atoms with Gasteiger partial charge in [0.25, 0.3) is 5.91 Å². The number of amides is 2. The standard InChI is InChI=1S/C33H34F4N6O4.C2H6/c1-18-12-21(15-38-17-44)39-30(47-3)27(18)20-13-24(34)23(16-46-2)25(14-20)43-10-8-32(9-11-43)31(45)41-29(42-32)22-6-7-26(33(35,36)37)40-28(22)19-4-5-19;1-2/h6-7,12-14,17,19H,4-5,8-11,15-16H2,1-3H3,(H,38,44)(H,41,42,45);1-2H3. The lowest BCUT2D eigenvalue weighted by Crippen LogP contribution is -2.49. The van der Waals surface area contributed by atoms with Gasteiger partial charge in [0.1, 0.15) is 22.9 Å². The van der Waals surface area contributed by atoms with E-state index in [9.17, 15) is 22.8 Å². The molecular weight excluding hydrogens is 644 g/mol. The number of nitrogens with zero attached hydrogens (tertiary/aromatic N) is 4. The normalized spacial score (nSPS) is 16.9. The van der Waals surface area contributed by atoms with Crippen LogP contribution in [0.2, 0.25) is 0 Å². The van der Waals surface area contributed by atoms with E-state index in [1.807, 2.05) is 31.7 Å². The Kier molecular flexibility index (Phi) is 10.6. The van der Waals surface area contributed by atoms with Gasteiger partial charge in [0.05, 0.1) is 31.6 Å². The van der Waals surface area contributed by atoms with E-state index in [0.29, 0.717) is 71.7 Å². The molecule has 3 aliphatic rings. The summed E-state index contributed by atoms with van der Waals surface area (Å²) in [6, 6.07) is 7.33. The Labute approximate surface area is 282 Å². The molecule has 1 spiro atoms. The molecule has 1 saturated carbocycles. The predicted octanol–water partition coefficient (Wildman–Crippen LogP) is 5.83. The highest BCUT2D eigenvalue weighted by molar-refractivity contribution is 6.16. The van der Waals surface area contributed by atoms with Gasteiger partial charge in [0.2, 0.25) is 12.3 Å². The molecule has 0 radical (unpaired) electrons. The number of halogens is 4. The molecule has 1 saturated heterocycles. The fourth-order valence-electron chi connectivity index (χ4n) is 6.38. The Hall–Kier alpha value is -4.59. The largest absolute Gasteiger partial charge is 0.481 e. The van der Waals surface area contributed by atoms with Crippen LogP contribution in [0.5, 0.6) is 5.88 Å². The van der Waals surface area contributed by atoms with Crippen molar-refractivity contribution < 1.29 is 36.6 Å². The first-order valence-corrected chi connectivity index (χ1v) is 16.3. The second kappa shape index (κ2) is 14.5. The van der Waals surface area contributed by atoms with Gasteiger partial charge < -0.3 is 25.0 Å². The van der Waals surface area contributed by atoms with E-state index in [0.717, 1.165) is 24.5 Å². The highest BCUT2D eigenvalue weighted by atomic mass is 19.4. The second-order valence-electron chi connectivity index (χ2n) is 12.0. The Balaban J connectivity index is 0.00000230. The van der Waals surface area contributed by atoms with E-state index in [4.69, 9.17) is 14.5 Å². The number of nitrogens with one attached hydrogen (secondary N) is 2. The van der Waals surface area contributed by atoms with E-state index in [2.05, 4.69) is 20.6 Å². The van der Waals surface area contributed by atoms with Crippen molar-refractivity contribution in [2.24, 2.45) is 4.99 Å². The zero-order valence-corrected chi connectivity index (χ0v) is 28.1. The van der Waals surface area contributed by atoms with Gasteiger partial charge in [-0.15, -0.1) is 0 Å². The maximum atomic E-state index is 15.8. The van der Waals surface area contributed by atoms with Crippen LogP contribution in [0.1, 0.15) is 79.2 Å². The third-order valence-electron chi connectivity index (χ3n) is 8.89. The molecule has 2 N–H and O–H groups in total. The monoisotopic (exact) mass is 684 g/mol. The number of carbonyl (C=O) groups is 2. The molecule has 2 fully saturated rings. The van der Waals surface area contributed by atoms with Gasteiger partial charge >= 0.3 is 6.18 Å².